The maximum absolute atomic E-state index is 12.9. The average Bonchev–Trinajstić information content (AvgIpc) is 2.87. The summed E-state index contributed by atoms with van der Waals surface area (Å²) in [5.41, 5.74) is 1.95. The number of nitrogens with zero attached hydrogens (tertiary/aromatic N) is 3. The molecule has 0 saturated carbocycles. The summed E-state index contributed by atoms with van der Waals surface area (Å²) in [6.07, 6.45) is 5.47. The summed E-state index contributed by atoms with van der Waals surface area (Å²) in [5, 5.41) is 0.477. The van der Waals surface area contributed by atoms with E-state index in [1.165, 1.54) is 37.4 Å². The SMILES string of the molecule is CC(=O)SCC(=O)c1ccc(NS(=O)(=O)c2ccc3nc(OCCc4cccnc4)ccc3c2)nc1. The zero-order valence-electron chi connectivity index (χ0n) is 19.2. The van der Waals surface area contributed by atoms with Crippen molar-refractivity contribution >= 4 is 49.4 Å². The minimum Gasteiger partial charge on any atom is -0.477 e. The van der Waals surface area contributed by atoms with Crippen LogP contribution in [0, 0.1) is 0 Å². The van der Waals surface area contributed by atoms with Crippen LogP contribution in [0.4, 0.5) is 5.82 Å². The number of fused-ring (bicyclic) bond motifs is 1. The molecule has 4 rings (SSSR count). The van der Waals surface area contributed by atoms with Gasteiger partial charge in [0.15, 0.2) is 10.9 Å². The van der Waals surface area contributed by atoms with Crippen molar-refractivity contribution in [3.8, 4) is 5.88 Å². The lowest BCUT2D eigenvalue weighted by atomic mass is 10.2. The van der Waals surface area contributed by atoms with E-state index in [0.29, 0.717) is 35.4 Å². The molecule has 1 aromatic carbocycles. The van der Waals surface area contributed by atoms with E-state index >= 15 is 0 Å². The number of hydrogen-bond donors (Lipinski definition) is 1. The first kappa shape index (κ1) is 25.3. The minimum absolute atomic E-state index is 0.00444. The number of anilines is 1. The van der Waals surface area contributed by atoms with Crippen molar-refractivity contribution in [1.29, 1.82) is 0 Å². The summed E-state index contributed by atoms with van der Waals surface area (Å²) in [7, 11) is -3.93. The van der Waals surface area contributed by atoms with Crippen molar-refractivity contribution in [2.24, 2.45) is 0 Å². The number of Topliss-reactive ketones (excluding diaryl/α,β-unsaturated/α-hetero) is 1. The Morgan fingerprint density at radius 3 is 2.64 bits per heavy atom. The molecule has 0 aliphatic heterocycles. The Labute approximate surface area is 212 Å². The van der Waals surface area contributed by atoms with Crippen LogP contribution in [0.3, 0.4) is 0 Å². The minimum atomic E-state index is -3.93. The van der Waals surface area contributed by atoms with Crippen molar-refractivity contribution in [2.45, 2.75) is 18.2 Å². The fraction of sp³-hybridized carbons (Fsp3) is 0.160. The van der Waals surface area contributed by atoms with Gasteiger partial charge >= 0.3 is 0 Å². The number of carbonyl (C=O) groups excluding carboxylic acids is 2. The molecule has 3 aromatic heterocycles. The third kappa shape index (κ3) is 6.64. The maximum Gasteiger partial charge on any atom is 0.263 e. The Hall–Kier alpha value is -3.83. The Kier molecular flexibility index (Phi) is 7.91. The van der Waals surface area contributed by atoms with Crippen LogP contribution < -0.4 is 9.46 Å². The van der Waals surface area contributed by atoms with E-state index < -0.39 is 10.0 Å². The topological polar surface area (TPSA) is 128 Å². The molecule has 0 fully saturated rings. The third-order valence-electron chi connectivity index (χ3n) is 5.04. The van der Waals surface area contributed by atoms with Crippen LogP contribution >= 0.6 is 11.8 Å². The number of pyridine rings is 3. The van der Waals surface area contributed by atoms with Crippen molar-refractivity contribution < 1.29 is 22.7 Å². The molecule has 184 valence electrons. The summed E-state index contributed by atoms with van der Waals surface area (Å²) >= 11 is 0.907. The molecule has 9 nitrogen and oxygen atoms in total. The van der Waals surface area contributed by atoms with Crippen molar-refractivity contribution in [1.82, 2.24) is 15.0 Å². The number of benzene rings is 1. The van der Waals surface area contributed by atoms with E-state index in [9.17, 15) is 18.0 Å². The predicted octanol–water partition coefficient (Wildman–Crippen LogP) is 3.91. The molecule has 1 N–H and O–H groups in total. The van der Waals surface area contributed by atoms with E-state index in [2.05, 4.69) is 19.7 Å². The molecule has 0 atom stereocenters. The number of ether oxygens (including phenoxy) is 1. The molecule has 3 heterocycles. The van der Waals surface area contributed by atoms with Gasteiger partial charge in [-0.2, -0.15) is 0 Å². The standard InChI is InChI=1S/C25H22N4O5S2/c1-17(30)35-16-23(31)20-4-8-24(27-15-20)29-36(32,33)21-6-7-22-19(13-21)5-9-25(28-22)34-12-10-18-3-2-11-26-14-18/h2-9,11,13-15H,10,12,16H2,1H3,(H,27,29). The maximum atomic E-state index is 12.9. The third-order valence-corrected chi connectivity index (χ3v) is 7.21. The number of rotatable bonds is 10. The monoisotopic (exact) mass is 522 g/mol. The largest absolute Gasteiger partial charge is 0.477 e. The first-order valence-corrected chi connectivity index (χ1v) is 13.3. The Balaban J connectivity index is 1.41. The Morgan fingerprint density at radius 2 is 1.92 bits per heavy atom. The van der Waals surface area contributed by atoms with E-state index in [1.807, 2.05) is 12.1 Å². The van der Waals surface area contributed by atoms with Gasteiger partial charge in [0.1, 0.15) is 5.82 Å². The van der Waals surface area contributed by atoms with E-state index in [0.717, 1.165) is 17.3 Å². The summed E-state index contributed by atoms with van der Waals surface area (Å²) < 4.78 is 33.9. The molecule has 0 amide bonds. The molecule has 0 spiro atoms. The molecule has 0 unspecified atom stereocenters. The van der Waals surface area contributed by atoms with Crippen LogP contribution in [0.25, 0.3) is 10.9 Å². The Morgan fingerprint density at radius 1 is 1.06 bits per heavy atom. The van der Waals surface area contributed by atoms with Gasteiger partial charge in [-0.25, -0.2) is 18.4 Å². The molecule has 4 aromatic rings. The molecule has 0 bridgehead atoms. The van der Waals surface area contributed by atoms with Gasteiger partial charge in [0.25, 0.3) is 10.0 Å². The highest BCUT2D eigenvalue weighted by atomic mass is 32.2. The number of carbonyl (C=O) groups is 2. The second kappa shape index (κ2) is 11.3. The van der Waals surface area contributed by atoms with E-state index in [1.54, 1.807) is 30.6 Å². The highest BCUT2D eigenvalue weighted by Crippen LogP contribution is 2.22. The van der Waals surface area contributed by atoms with Gasteiger partial charge in [-0.1, -0.05) is 17.8 Å². The lowest BCUT2D eigenvalue weighted by molar-refractivity contribution is -0.109. The van der Waals surface area contributed by atoms with Gasteiger partial charge in [0.2, 0.25) is 5.88 Å². The Bertz CT molecular complexity index is 1490. The number of hydrogen-bond acceptors (Lipinski definition) is 9. The molecule has 11 heteroatoms. The number of nitrogens with one attached hydrogen (secondary N) is 1. The second-order valence-corrected chi connectivity index (χ2v) is 10.5. The molecule has 0 radical (unpaired) electrons. The summed E-state index contributed by atoms with van der Waals surface area (Å²) in [6.45, 7) is 1.82. The lowest BCUT2D eigenvalue weighted by Gasteiger charge is -2.10. The molecule has 0 aliphatic rings. The number of ketones is 1. The van der Waals surface area contributed by atoms with Crippen molar-refractivity contribution in [3.05, 3.63) is 84.3 Å². The predicted molar refractivity (Wildman–Crippen MR) is 138 cm³/mol. The fourth-order valence-electron chi connectivity index (χ4n) is 3.22. The van der Waals surface area contributed by atoms with Crippen LogP contribution in [0.5, 0.6) is 5.88 Å². The smallest absolute Gasteiger partial charge is 0.263 e. The first-order chi connectivity index (χ1) is 17.3. The van der Waals surface area contributed by atoms with E-state index in [4.69, 9.17) is 4.74 Å². The summed E-state index contributed by atoms with van der Waals surface area (Å²) in [6, 6.07) is 14.7. The van der Waals surface area contributed by atoms with Gasteiger partial charge in [0.05, 0.1) is 22.8 Å². The van der Waals surface area contributed by atoms with Crippen LogP contribution in [-0.4, -0.2) is 46.6 Å². The zero-order valence-corrected chi connectivity index (χ0v) is 20.9. The fourth-order valence-corrected chi connectivity index (χ4v) is 4.76. The summed E-state index contributed by atoms with van der Waals surface area (Å²) in [5.74, 6) is 0.256. The first-order valence-electron chi connectivity index (χ1n) is 10.9. The molecule has 0 aliphatic carbocycles. The second-order valence-electron chi connectivity index (χ2n) is 7.70. The average molecular weight is 523 g/mol. The molecule has 0 saturated heterocycles. The normalized spacial score (nSPS) is 11.2. The number of sulfonamides is 1. The molecular formula is C25H22N4O5S2. The number of aromatic nitrogens is 3. The van der Waals surface area contributed by atoms with Gasteiger partial charge < -0.3 is 4.74 Å². The van der Waals surface area contributed by atoms with Gasteiger partial charge in [-0.15, -0.1) is 0 Å². The van der Waals surface area contributed by atoms with Crippen molar-refractivity contribution in [3.63, 3.8) is 0 Å². The van der Waals surface area contributed by atoms with Crippen LogP contribution in [0.15, 0.2) is 78.1 Å². The van der Waals surface area contributed by atoms with Crippen LogP contribution in [-0.2, 0) is 21.2 Å². The number of thioether (sulfide) groups is 1. The molecule has 36 heavy (non-hydrogen) atoms. The summed E-state index contributed by atoms with van der Waals surface area (Å²) in [4.78, 5) is 35.7. The molecular weight excluding hydrogens is 500 g/mol. The highest BCUT2D eigenvalue weighted by Gasteiger charge is 2.17. The van der Waals surface area contributed by atoms with Gasteiger partial charge in [-0.3, -0.25) is 19.3 Å². The van der Waals surface area contributed by atoms with Gasteiger partial charge in [0, 0.05) is 49.0 Å². The van der Waals surface area contributed by atoms with E-state index in [-0.39, 0.29) is 27.4 Å². The lowest BCUT2D eigenvalue weighted by Crippen LogP contribution is -2.14. The highest BCUT2D eigenvalue weighted by molar-refractivity contribution is 8.14. The zero-order chi connectivity index (χ0) is 25.5. The van der Waals surface area contributed by atoms with Gasteiger partial charge in [-0.05, 0) is 48.0 Å². The quantitative estimate of drug-likeness (QED) is 0.308. The van der Waals surface area contributed by atoms with Crippen LogP contribution in [0.1, 0.15) is 22.8 Å². The van der Waals surface area contributed by atoms with Crippen LogP contribution in [0.2, 0.25) is 0 Å². The van der Waals surface area contributed by atoms with Crippen molar-refractivity contribution in [2.75, 3.05) is 17.1 Å².